The largest absolute Gasteiger partial charge is 0.355 e. The summed E-state index contributed by atoms with van der Waals surface area (Å²) in [6.07, 6.45) is 0. The van der Waals surface area contributed by atoms with Gasteiger partial charge >= 0.3 is 0 Å². The van der Waals surface area contributed by atoms with Crippen LogP contribution in [0.25, 0.3) is 0 Å². The van der Waals surface area contributed by atoms with Gasteiger partial charge in [-0.05, 0) is 25.1 Å². The minimum absolute atomic E-state index is 0.0546. The average Bonchev–Trinajstić information content (AvgIpc) is 2.47. The van der Waals surface area contributed by atoms with Gasteiger partial charge in [0.1, 0.15) is 0 Å². The number of nitro benzene ring substituents is 2. The van der Waals surface area contributed by atoms with Crippen molar-refractivity contribution in [1.29, 1.82) is 0 Å². The summed E-state index contributed by atoms with van der Waals surface area (Å²) in [7, 11) is 0. The first-order valence-corrected chi connectivity index (χ1v) is 6.19. The third kappa shape index (κ3) is 3.23. The van der Waals surface area contributed by atoms with Crippen molar-refractivity contribution in [3.05, 3.63) is 68.3 Å². The first kappa shape index (κ1) is 15.1. The highest BCUT2D eigenvalue weighted by atomic mass is 16.6. The van der Waals surface area contributed by atoms with E-state index in [4.69, 9.17) is 0 Å². The second-order valence-electron chi connectivity index (χ2n) is 4.47. The van der Waals surface area contributed by atoms with E-state index in [1.165, 1.54) is 49.4 Å². The number of hydrogen-bond donors (Lipinski definition) is 1. The summed E-state index contributed by atoms with van der Waals surface area (Å²) < 4.78 is 0. The highest BCUT2D eigenvalue weighted by molar-refractivity contribution is 6.00. The van der Waals surface area contributed by atoms with Crippen LogP contribution in [-0.2, 0) is 0 Å². The summed E-state index contributed by atoms with van der Waals surface area (Å²) in [4.78, 5) is 31.9. The molecule has 8 heteroatoms. The fraction of sp³-hybridized carbons (Fsp3) is 0.0714. The zero-order valence-corrected chi connectivity index (χ0v) is 11.5. The molecule has 0 aliphatic rings. The number of carbonyl (C=O) groups excluding carboxylic acids is 1. The second-order valence-corrected chi connectivity index (χ2v) is 4.47. The van der Waals surface area contributed by atoms with Crippen LogP contribution in [0.1, 0.15) is 17.3 Å². The van der Waals surface area contributed by atoms with Crippen LogP contribution < -0.4 is 5.32 Å². The van der Waals surface area contributed by atoms with Crippen LogP contribution in [0.3, 0.4) is 0 Å². The van der Waals surface area contributed by atoms with Crippen LogP contribution >= 0.6 is 0 Å². The number of benzene rings is 2. The van der Waals surface area contributed by atoms with Crippen molar-refractivity contribution >= 4 is 28.5 Å². The molecule has 0 bridgehead atoms. The zero-order valence-electron chi connectivity index (χ0n) is 11.5. The van der Waals surface area contributed by atoms with Crippen molar-refractivity contribution in [3.63, 3.8) is 0 Å². The maximum Gasteiger partial charge on any atom is 0.270 e. The third-order valence-electron chi connectivity index (χ3n) is 2.95. The number of hydrogen-bond acceptors (Lipinski definition) is 6. The van der Waals surface area contributed by atoms with Gasteiger partial charge in [0.25, 0.3) is 11.4 Å². The Morgan fingerprint density at radius 3 is 2.00 bits per heavy atom. The molecule has 0 unspecified atom stereocenters. The van der Waals surface area contributed by atoms with Crippen molar-refractivity contribution in [2.45, 2.75) is 6.92 Å². The number of nitro groups is 2. The minimum atomic E-state index is -0.581. The maximum absolute atomic E-state index is 11.6. The first-order valence-electron chi connectivity index (χ1n) is 6.19. The molecule has 2 rings (SSSR count). The molecule has 2 aromatic rings. The van der Waals surface area contributed by atoms with Gasteiger partial charge in [-0.25, -0.2) is 0 Å². The number of ketones is 1. The lowest BCUT2D eigenvalue weighted by Crippen LogP contribution is -2.02. The smallest absolute Gasteiger partial charge is 0.270 e. The number of non-ortho nitro benzene ring substituents is 2. The summed E-state index contributed by atoms with van der Waals surface area (Å²) in [5.74, 6) is -0.326. The van der Waals surface area contributed by atoms with Crippen LogP contribution in [0.5, 0.6) is 0 Å². The lowest BCUT2D eigenvalue weighted by Gasteiger charge is -2.10. The summed E-state index contributed by atoms with van der Waals surface area (Å²) >= 11 is 0. The fourth-order valence-corrected chi connectivity index (χ4v) is 1.87. The molecule has 0 saturated heterocycles. The predicted octanol–water partition coefficient (Wildman–Crippen LogP) is 3.45. The van der Waals surface area contributed by atoms with Crippen LogP contribution in [0, 0.1) is 20.2 Å². The molecular formula is C14H11N3O5. The topological polar surface area (TPSA) is 115 Å². The number of anilines is 2. The van der Waals surface area contributed by atoms with Crippen molar-refractivity contribution < 1.29 is 14.6 Å². The van der Waals surface area contributed by atoms with Crippen LogP contribution in [-0.4, -0.2) is 15.6 Å². The Bertz CT molecular complexity index is 756. The summed E-state index contributed by atoms with van der Waals surface area (Å²) in [6, 6.07) is 9.52. The minimum Gasteiger partial charge on any atom is -0.355 e. The normalized spacial score (nSPS) is 10.0. The van der Waals surface area contributed by atoms with E-state index in [1.807, 2.05) is 0 Å². The molecule has 2 aromatic carbocycles. The standard InChI is InChI=1S/C14H11N3O5/c1-9(18)13-8-12(17(21)22)6-7-14(13)15-10-2-4-11(5-3-10)16(19)20/h2-8,15H,1H3. The molecule has 0 radical (unpaired) electrons. The molecule has 8 nitrogen and oxygen atoms in total. The number of carbonyl (C=O) groups is 1. The van der Waals surface area contributed by atoms with Gasteiger partial charge in [-0.2, -0.15) is 0 Å². The highest BCUT2D eigenvalue weighted by Crippen LogP contribution is 2.26. The Labute approximate surface area is 124 Å². The van der Waals surface area contributed by atoms with Gasteiger partial charge < -0.3 is 5.32 Å². The lowest BCUT2D eigenvalue weighted by molar-refractivity contribution is -0.385. The number of Topliss-reactive ketones (excluding diaryl/α,β-unsaturated/α-hetero) is 1. The Morgan fingerprint density at radius 1 is 0.955 bits per heavy atom. The SMILES string of the molecule is CC(=O)c1cc([N+](=O)[O-])ccc1Nc1ccc([N+](=O)[O-])cc1. The number of nitrogens with zero attached hydrogens (tertiary/aromatic N) is 2. The molecule has 1 N–H and O–H groups in total. The first-order chi connectivity index (χ1) is 10.4. The fourth-order valence-electron chi connectivity index (χ4n) is 1.87. The van der Waals surface area contributed by atoms with Crippen molar-refractivity contribution in [2.24, 2.45) is 0 Å². The van der Waals surface area contributed by atoms with E-state index in [1.54, 1.807) is 0 Å². The molecule has 22 heavy (non-hydrogen) atoms. The second kappa shape index (κ2) is 6.00. The Morgan fingerprint density at radius 2 is 1.50 bits per heavy atom. The Kier molecular flexibility index (Phi) is 4.12. The van der Waals surface area contributed by atoms with E-state index in [-0.39, 0.29) is 22.7 Å². The average molecular weight is 301 g/mol. The van der Waals surface area contributed by atoms with E-state index in [9.17, 15) is 25.0 Å². The molecule has 0 aliphatic heterocycles. The maximum atomic E-state index is 11.6. The molecule has 0 spiro atoms. The Hall–Kier alpha value is -3.29. The van der Waals surface area contributed by atoms with Gasteiger partial charge in [0.2, 0.25) is 0 Å². The lowest BCUT2D eigenvalue weighted by atomic mass is 10.1. The molecule has 0 amide bonds. The molecular weight excluding hydrogens is 290 g/mol. The Balaban J connectivity index is 2.34. The molecule has 0 atom stereocenters. The molecule has 0 heterocycles. The molecule has 0 aromatic heterocycles. The van der Waals surface area contributed by atoms with Gasteiger partial charge in [-0.3, -0.25) is 25.0 Å². The number of rotatable bonds is 5. The van der Waals surface area contributed by atoms with Gasteiger partial charge in [-0.1, -0.05) is 0 Å². The van der Waals surface area contributed by atoms with Crippen LogP contribution in [0.2, 0.25) is 0 Å². The predicted molar refractivity (Wildman–Crippen MR) is 79.5 cm³/mol. The van der Waals surface area contributed by atoms with Crippen molar-refractivity contribution in [1.82, 2.24) is 0 Å². The van der Waals surface area contributed by atoms with Gasteiger partial charge in [0.05, 0.1) is 9.85 Å². The van der Waals surface area contributed by atoms with E-state index in [2.05, 4.69) is 5.32 Å². The quantitative estimate of drug-likeness (QED) is 0.513. The van der Waals surface area contributed by atoms with E-state index in [0.29, 0.717) is 11.4 Å². The van der Waals surface area contributed by atoms with Crippen LogP contribution in [0.15, 0.2) is 42.5 Å². The van der Waals surface area contributed by atoms with Crippen molar-refractivity contribution in [2.75, 3.05) is 5.32 Å². The monoisotopic (exact) mass is 301 g/mol. The third-order valence-corrected chi connectivity index (χ3v) is 2.95. The molecule has 0 fully saturated rings. The van der Waals surface area contributed by atoms with Gasteiger partial charge in [0.15, 0.2) is 5.78 Å². The number of nitrogens with one attached hydrogen (secondary N) is 1. The molecule has 112 valence electrons. The molecule has 0 saturated carbocycles. The van der Waals surface area contributed by atoms with E-state index >= 15 is 0 Å². The van der Waals surface area contributed by atoms with Gasteiger partial charge in [-0.15, -0.1) is 0 Å². The molecule has 0 aliphatic carbocycles. The van der Waals surface area contributed by atoms with Crippen LogP contribution in [0.4, 0.5) is 22.7 Å². The van der Waals surface area contributed by atoms with E-state index in [0.717, 1.165) is 0 Å². The summed E-state index contributed by atoms with van der Waals surface area (Å²) in [5.41, 5.74) is 0.863. The highest BCUT2D eigenvalue weighted by Gasteiger charge is 2.14. The summed E-state index contributed by atoms with van der Waals surface area (Å²) in [5, 5.41) is 24.3. The van der Waals surface area contributed by atoms with E-state index < -0.39 is 9.85 Å². The van der Waals surface area contributed by atoms with Crippen molar-refractivity contribution in [3.8, 4) is 0 Å². The van der Waals surface area contributed by atoms with Gasteiger partial charge in [0, 0.05) is 41.2 Å². The zero-order chi connectivity index (χ0) is 16.3. The summed E-state index contributed by atoms with van der Waals surface area (Å²) in [6.45, 7) is 1.31.